The predicted molar refractivity (Wildman–Crippen MR) is 67.1 cm³/mol. The molecular weight excluding hydrogens is 238 g/mol. The number of hydrogen-bond acceptors (Lipinski definition) is 4. The van der Waals surface area contributed by atoms with Crippen molar-refractivity contribution in [1.82, 2.24) is 5.32 Å². The minimum Gasteiger partial charge on any atom is -0.460 e. The first-order valence-corrected chi connectivity index (χ1v) is 6.35. The maximum Gasteiger partial charge on any atom is 0.308 e. The van der Waals surface area contributed by atoms with Gasteiger partial charge in [0.15, 0.2) is 0 Å². The van der Waals surface area contributed by atoms with Gasteiger partial charge in [-0.2, -0.15) is 11.3 Å². The van der Waals surface area contributed by atoms with E-state index in [1.807, 2.05) is 26.2 Å². The van der Waals surface area contributed by atoms with E-state index in [0.717, 1.165) is 0 Å². The van der Waals surface area contributed by atoms with Gasteiger partial charge < -0.3 is 10.1 Å². The van der Waals surface area contributed by atoms with E-state index in [-0.39, 0.29) is 18.3 Å². The molecule has 0 radical (unpaired) electrons. The van der Waals surface area contributed by atoms with E-state index in [2.05, 4.69) is 5.32 Å². The molecule has 0 fully saturated rings. The summed E-state index contributed by atoms with van der Waals surface area (Å²) in [5.74, 6) is -0.460. The van der Waals surface area contributed by atoms with Crippen LogP contribution in [0.5, 0.6) is 0 Å². The van der Waals surface area contributed by atoms with Crippen LogP contribution < -0.4 is 5.32 Å². The molecule has 1 N–H and O–H groups in total. The first kappa shape index (κ1) is 13.7. The Bertz CT molecular complexity index is 379. The SMILES string of the molecule is CC(C)(C)OC(=O)CCNC(=O)c1ccsc1. The van der Waals surface area contributed by atoms with Gasteiger partial charge in [-0.05, 0) is 32.2 Å². The molecule has 5 heteroatoms. The molecule has 17 heavy (non-hydrogen) atoms. The third kappa shape index (κ3) is 5.49. The van der Waals surface area contributed by atoms with Crippen LogP contribution in [-0.4, -0.2) is 24.0 Å². The van der Waals surface area contributed by atoms with Crippen LogP contribution in [0.15, 0.2) is 16.8 Å². The summed E-state index contributed by atoms with van der Waals surface area (Å²) in [6, 6.07) is 1.74. The van der Waals surface area contributed by atoms with E-state index < -0.39 is 5.60 Å². The summed E-state index contributed by atoms with van der Waals surface area (Å²) in [4.78, 5) is 22.9. The lowest BCUT2D eigenvalue weighted by Gasteiger charge is -2.19. The molecule has 0 aliphatic carbocycles. The lowest BCUT2D eigenvalue weighted by Crippen LogP contribution is -2.29. The summed E-state index contributed by atoms with van der Waals surface area (Å²) in [6.45, 7) is 5.74. The molecule has 0 saturated heterocycles. The van der Waals surface area contributed by atoms with Crippen LogP contribution in [-0.2, 0) is 9.53 Å². The summed E-state index contributed by atoms with van der Waals surface area (Å²) in [5, 5.41) is 6.27. The highest BCUT2D eigenvalue weighted by Gasteiger charge is 2.16. The van der Waals surface area contributed by atoms with Gasteiger partial charge in [-0.3, -0.25) is 9.59 Å². The number of hydrogen-bond donors (Lipinski definition) is 1. The van der Waals surface area contributed by atoms with E-state index in [4.69, 9.17) is 4.74 Å². The van der Waals surface area contributed by atoms with Crippen LogP contribution in [0.4, 0.5) is 0 Å². The standard InChI is InChI=1S/C12H17NO3S/c1-12(2,3)16-10(14)4-6-13-11(15)9-5-7-17-8-9/h5,7-8H,4,6H2,1-3H3,(H,13,15). The third-order valence-electron chi connectivity index (χ3n) is 1.82. The van der Waals surface area contributed by atoms with Crippen molar-refractivity contribution >= 4 is 23.2 Å². The molecule has 0 bridgehead atoms. The van der Waals surface area contributed by atoms with Gasteiger partial charge in [0.2, 0.25) is 0 Å². The highest BCUT2D eigenvalue weighted by atomic mass is 32.1. The number of thiophene rings is 1. The zero-order chi connectivity index (χ0) is 12.9. The first-order valence-electron chi connectivity index (χ1n) is 5.41. The molecule has 1 heterocycles. The number of amides is 1. The maximum atomic E-state index is 11.5. The second-order valence-electron chi connectivity index (χ2n) is 4.60. The summed E-state index contributed by atoms with van der Waals surface area (Å²) >= 11 is 1.46. The Morgan fingerprint density at radius 1 is 1.41 bits per heavy atom. The van der Waals surface area contributed by atoms with Crippen LogP contribution >= 0.6 is 11.3 Å². The van der Waals surface area contributed by atoms with E-state index in [0.29, 0.717) is 12.1 Å². The number of rotatable bonds is 4. The van der Waals surface area contributed by atoms with Crippen molar-refractivity contribution in [3.63, 3.8) is 0 Å². The first-order chi connectivity index (χ1) is 7.88. The van der Waals surface area contributed by atoms with E-state index >= 15 is 0 Å². The molecule has 1 aromatic heterocycles. The summed E-state index contributed by atoms with van der Waals surface area (Å²) in [7, 11) is 0. The average Bonchev–Trinajstić information content (AvgIpc) is 2.66. The van der Waals surface area contributed by atoms with Crippen molar-refractivity contribution in [3.8, 4) is 0 Å². The molecule has 1 aromatic rings. The second-order valence-corrected chi connectivity index (χ2v) is 5.38. The van der Waals surface area contributed by atoms with Crippen molar-refractivity contribution < 1.29 is 14.3 Å². The van der Waals surface area contributed by atoms with Crippen molar-refractivity contribution in [2.24, 2.45) is 0 Å². The highest BCUT2D eigenvalue weighted by Crippen LogP contribution is 2.08. The lowest BCUT2D eigenvalue weighted by molar-refractivity contribution is -0.154. The van der Waals surface area contributed by atoms with E-state index in [1.54, 1.807) is 11.4 Å². The van der Waals surface area contributed by atoms with Gasteiger partial charge in [0.25, 0.3) is 5.91 Å². The Hall–Kier alpha value is -1.36. The molecule has 1 rings (SSSR count). The molecule has 0 aliphatic heterocycles. The van der Waals surface area contributed by atoms with Crippen molar-refractivity contribution in [1.29, 1.82) is 0 Å². The molecule has 0 unspecified atom stereocenters. The Kier molecular flexibility index (Phi) is 4.69. The Morgan fingerprint density at radius 3 is 2.65 bits per heavy atom. The number of esters is 1. The fraction of sp³-hybridized carbons (Fsp3) is 0.500. The number of nitrogens with one attached hydrogen (secondary N) is 1. The molecule has 0 aliphatic rings. The molecule has 94 valence electrons. The van der Waals surface area contributed by atoms with Gasteiger partial charge in [-0.25, -0.2) is 0 Å². The zero-order valence-electron chi connectivity index (χ0n) is 10.3. The number of carbonyl (C=O) groups is 2. The van der Waals surface area contributed by atoms with Gasteiger partial charge in [0.05, 0.1) is 6.42 Å². The van der Waals surface area contributed by atoms with Gasteiger partial charge in [-0.1, -0.05) is 0 Å². The van der Waals surface area contributed by atoms with Gasteiger partial charge in [0, 0.05) is 17.5 Å². The number of carbonyl (C=O) groups excluding carboxylic acids is 2. The van der Waals surface area contributed by atoms with E-state index in [1.165, 1.54) is 11.3 Å². The number of ether oxygens (including phenoxy) is 1. The molecule has 0 atom stereocenters. The lowest BCUT2D eigenvalue weighted by atomic mass is 10.2. The van der Waals surface area contributed by atoms with Gasteiger partial charge in [0.1, 0.15) is 5.60 Å². The van der Waals surface area contributed by atoms with Crippen LogP contribution in [0, 0.1) is 0 Å². The van der Waals surface area contributed by atoms with Gasteiger partial charge in [-0.15, -0.1) is 0 Å². The summed E-state index contributed by atoms with van der Waals surface area (Å²) < 4.78 is 5.12. The molecule has 1 amide bonds. The van der Waals surface area contributed by atoms with E-state index in [9.17, 15) is 9.59 Å². The molecule has 0 saturated carbocycles. The Balaban J connectivity index is 2.24. The smallest absolute Gasteiger partial charge is 0.308 e. The summed E-state index contributed by atoms with van der Waals surface area (Å²) in [5.41, 5.74) is 0.147. The molecule has 4 nitrogen and oxygen atoms in total. The van der Waals surface area contributed by atoms with Crippen LogP contribution in [0.1, 0.15) is 37.6 Å². The Labute approximate surface area is 105 Å². The maximum absolute atomic E-state index is 11.5. The topological polar surface area (TPSA) is 55.4 Å². The molecule has 0 aromatic carbocycles. The minimum absolute atomic E-state index is 0.158. The fourth-order valence-electron chi connectivity index (χ4n) is 1.17. The van der Waals surface area contributed by atoms with Crippen molar-refractivity contribution in [2.45, 2.75) is 32.8 Å². The minimum atomic E-state index is -0.478. The quantitative estimate of drug-likeness (QED) is 0.839. The second kappa shape index (κ2) is 5.82. The summed E-state index contributed by atoms with van der Waals surface area (Å²) in [6.07, 6.45) is 0.188. The van der Waals surface area contributed by atoms with Gasteiger partial charge >= 0.3 is 5.97 Å². The highest BCUT2D eigenvalue weighted by molar-refractivity contribution is 7.08. The zero-order valence-corrected chi connectivity index (χ0v) is 11.1. The van der Waals surface area contributed by atoms with Crippen LogP contribution in [0.25, 0.3) is 0 Å². The van der Waals surface area contributed by atoms with Crippen molar-refractivity contribution in [3.05, 3.63) is 22.4 Å². The molecular formula is C12H17NO3S. The predicted octanol–water partition coefficient (Wildman–Crippen LogP) is 2.21. The largest absolute Gasteiger partial charge is 0.460 e. The van der Waals surface area contributed by atoms with Crippen molar-refractivity contribution in [2.75, 3.05) is 6.54 Å². The van der Waals surface area contributed by atoms with Crippen LogP contribution in [0.2, 0.25) is 0 Å². The van der Waals surface area contributed by atoms with Crippen LogP contribution in [0.3, 0.4) is 0 Å². The average molecular weight is 255 g/mol. The normalized spacial score (nSPS) is 11.0. The monoisotopic (exact) mass is 255 g/mol. The molecule has 0 spiro atoms. The Morgan fingerprint density at radius 2 is 2.12 bits per heavy atom. The fourth-order valence-corrected chi connectivity index (χ4v) is 1.80. The third-order valence-corrected chi connectivity index (χ3v) is 2.50.